The van der Waals surface area contributed by atoms with Crippen LogP contribution in [-0.2, 0) is 23.8 Å². The molecule has 1 rings (SSSR count). The first-order chi connectivity index (χ1) is 44.2. The van der Waals surface area contributed by atoms with Gasteiger partial charge in [0.1, 0.15) is 24.4 Å². The highest BCUT2D eigenvalue weighted by Gasteiger charge is 2.47. The van der Waals surface area contributed by atoms with Gasteiger partial charge in [-0.3, -0.25) is 9.59 Å². The zero-order chi connectivity index (χ0) is 65.3. The summed E-state index contributed by atoms with van der Waals surface area (Å²) in [5.74, 6) is -1.20. The van der Waals surface area contributed by atoms with Crippen LogP contribution in [0.4, 0.5) is 0 Å². The quantitative estimate of drug-likeness (QED) is 0.0195. The number of aliphatic hydroxyl groups excluding tert-OH is 5. The van der Waals surface area contributed by atoms with Crippen molar-refractivity contribution in [1.82, 2.24) is 5.32 Å². The van der Waals surface area contributed by atoms with Crippen LogP contribution in [0.25, 0.3) is 0 Å². The fourth-order valence-corrected chi connectivity index (χ4v) is 11.8. The highest BCUT2D eigenvalue weighted by atomic mass is 16.7. The fourth-order valence-electron chi connectivity index (χ4n) is 11.8. The number of esters is 1. The van der Waals surface area contributed by atoms with E-state index in [1.807, 2.05) is 6.08 Å². The van der Waals surface area contributed by atoms with Crippen molar-refractivity contribution in [2.24, 2.45) is 0 Å². The Bertz CT molecular complexity index is 1750. The number of nitrogens with one attached hydrogen (secondary N) is 1. The van der Waals surface area contributed by atoms with Gasteiger partial charge in [-0.2, -0.15) is 0 Å². The van der Waals surface area contributed by atoms with Gasteiger partial charge in [-0.25, -0.2) is 0 Å². The molecule has 8 unspecified atom stereocenters. The summed E-state index contributed by atoms with van der Waals surface area (Å²) in [4.78, 5) is 26.7. The van der Waals surface area contributed by atoms with Crippen LogP contribution < -0.4 is 5.32 Å². The summed E-state index contributed by atoms with van der Waals surface area (Å²) in [6.07, 6.45) is 76.6. The van der Waals surface area contributed by atoms with Gasteiger partial charge in [0.2, 0.25) is 5.91 Å². The number of hydrogen-bond acceptors (Lipinski definition) is 10. The SMILES string of the molecule is CCCCC/C=C\C/C=C\C/C=C\C/C=C\CCCCCCCCCC(=O)OC1C(OCC(NC(=O)C(O)CCCCCCCCCCCCCCCCCC/C=C/CCCCCCCC)C(O)/C=C/CCCCCCCCCCCC)OC(CO)C(O)C1O. The Labute approximate surface area is 553 Å². The number of carbonyl (C=O) groups excluding carboxylic acids is 2. The van der Waals surface area contributed by atoms with Crippen molar-refractivity contribution >= 4 is 11.9 Å². The topological polar surface area (TPSA) is 175 Å². The zero-order valence-corrected chi connectivity index (χ0v) is 58.5. The zero-order valence-electron chi connectivity index (χ0n) is 58.5. The first kappa shape index (κ1) is 85.1. The van der Waals surface area contributed by atoms with E-state index in [1.165, 1.54) is 205 Å². The predicted octanol–water partition coefficient (Wildman–Crippen LogP) is 20.2. The minimum atomic E-state index is -1.62. The van der Waals surface area contributed by atoms with Crippen LogP contribution in [-0.4, -0.2) is 99.6 Å². The summed E-state index contributed by atoms with van der Waals surface area (Å²) < 4.78 is 17.7. The fraction of sp³-hybridized carbons (Fsp3) is 0.823. The van der Waals surface area contributed by atoms with E-state index in [9.17, 15) is 35.1 Å². The molecule has 8 atom stereocenters. The third-order valence-corrected chi connectivity index (χ3v) is 17.8. The second kappa shape index (κ2) is 66.1. The lowest BCUT2D eigenvalue weighted by molar-refractivity contribution is -0.305. The summed E-state index contributed by atoms with van der Waals surface area (Å²) in [5, 5.41) is 57.4. The van der Waals surface area contributed by atoms with E-state index >= 15 is 0 Å². The molecule has 0 saturated carbocycles. The average Bonchev–Trinajstić information content (AvgIpc) is 3.11. The van der Waals surface area contributed by atoms with Crippen molar-refractivity contribution < 1.29 is 49.3 Å². The van der Waals surface area contributed by atoms with Crippen molar-refractivity contribution in [2.75, 3.05) is 13.2 Å². The van der Waals surface area contributed by atoms with E-state index in [0.29, 0.717) is 19.3 Å². The molecule has 0 bridgehead atoms. The minimum Gasteiger partial charge on any atom is -0.454 e. The Morgan fingerprint density at radius 2 is 0.767 bits per heavy atom. The van der Waals surface area contributed by atoms with Crippen LogP contribution in [0, 0.1) is 0 Å². The second-order valence-electron chi connectivity index (χ2n) is 26.4. The van der Waals surface area contributed by atoms with Gasteiger partial charge in [0.15, 0.2) is 12.4 Å². The Balaban J connectivity index is 2.53. The maximum absolute atomic E-state index is 13.5. The molecule has 1 aliphatic heterocycles. The third-order valence-electron chi connectivity index (χ3n) is 17.8. The first-order valence-electron chi connectivity index (χ1n) is 38.2. The molecule has 0 radical (unpaired) electrons. The molecule has 0 spiro atoms. The van der Waals surface area contributed by atoms with Gasteiger partial charge in [-0.1, -0.05) is 325 Å². The molecule has 1 fully saturated rings. The molecule has 11 nitrogen and oxygen atoms in total. The number of allylic oxidation sites excluding steroid dienone is 11. The van der Waals surface area contributed by atoms with E-state index in [-0.39, 0.29) is 13.0 Å². The van der Waals surface area contributed by atoms with Crippen LogP contribution in [0.1, 0.15) is 355 Å². The molecule has 0 aromatic rings. The molecule has 0 aromatic carbocycles. The first-order valence-corrected chi connectivity index (χ1v) is 38.2. The molecule has 1 heterocycles. The lowest BCUT2D eigenvalue weighted by Gasteiger charge is -2.41. The Morgan fingerprint density at radius 1 is 0.433 bits per heavy atom. The highest BCUT2D eigenvalue weighted by molar-refractivity contribution is 5.80. The number of aliphatic hydroxyl groups is 5. The molecule has 524 valence electrons. The standard InChI is InChI=1S/C79H143NO10/c1-4-7-10-13-16-19-22-25-27-29-31-33-35-36-37-39-40-42-44-46-48-51-54-57-60-63-66-72(83)78(87)80-70(71(82)65-62-59-56-53-50-24-21-18-15-12-9-6-3)69-88-79-77(76(86)75(85)73(68-81)89-79)90-74(84)67-64-61-58-55-52-49-47-45-43-41-38-34-32-30-28-26-23-20-17-14-11-8-5-2/h17,20,25-28,32,34,41,43,62,65,70-73,75-77,79,81-83,85-86H,4-16,18-19,21-24,29-31,33,35-40,42,44-61,63-64,66-69H2,1-3H3,(H,80,87)/b20-17-,27-25+,28-26-,34-32-,43-41-,65-62+. The number of amides is 1. The van der Waals surface area contributed by atoms with Gasteiger partial charge >= 0.3 is 5.97 Å². The van der Waals surface area contributed by atoms with E-state index < -0.39 is 67.4 Å². The van der Waals surface area contributed by atoms with Crippen LogP contribution in [0.15, 0.2) is 72.9 Å². The maximum atomic E-state index is 13.5. The number of ether oxygens (including phenoxy) is 3. The minimum absolute atomic E-state index is 0.110. The monoisotopic (exact) mass is 1270 g/mol. The molecular formula is C79H143NO10. The normalized spacial score (nSPS) is 18.4. The van der Waals surface area contributed by atoms with Crippen LogP contribution in [0.3, 0.4) is 0 Å². The lowest BCUT2D eigenvalue weighted by atomic mass is 9.99. The molecule has 11 heteroatoms. The highest BCUT2D eigenvalue weighted by Crippen LogP contribution is 2.26. The van der Waals surface area contributed by atoms with E-state index in [0.717, 1.165) is 103 Å². The number of carbonyl (C=O) groups is 2. The molecule has 1 amide bonds. The number of hydrogen-bond donors (Lipinski definition) is 6. The Kier molecular flexibility index (Phi) is 62.5. The average molecular weight is 1270 g/mol. The van der Waals surface area contributed by atoms with E-state index in [1.54, 1.807) is 6.08 Å². The third kappa shape index (κ3) is 52.5. The van der Waals surface area contributed by atoms with E-state index in [2.05, 4.69) is 86.8 Å². The molecule has 0 aromatic heterocycles. The Hall–Kier alpha value is -2.90. The molecule has 6 N–H and O–H groups in total. The largest absolute Gasteiger partial charge is 0.454 e. The van der Waals surface area contributed by atoms with Crippen molar-refractivity contribution in [2.45, 2.75) is 404 Å². The van der Waals surface area contributed by atoms with Crippen LogP contribution in [0.2, 0.25) is 0 Å². The summed E-state index contributed by atoms with van der Waals surface area (Å²) >= 11 is 0. The predicted molar refractivity (Wildman–Crippen MR) is 379 cm³/mol. The molecule has 90 heavy (non-hydrogen) atoms. The van der Waals surface area contributed by atoms with Crippen molar-refractivity contribution in [3.05, 3.63) is 72.9 Å². The molecule has 0 aliphatic carbocycles. The van der Waals surface area contributed by atoms with Crippen LogP contribution in [0.5, 0.6) is 0 Å². The van der Waals surface area contributed by atoms with Gasteiger partial charge in [-0.05, 0) is 96.3 Å². The van der Waals surface area contributed by atoms with Gasteiger partial charge < -0.3 is 45.1 Å². The van der Waals surface area contributed by atoms with Crippen molar-refractivity contribution in [3.8, 4) is 0 Å². The van der Waals surface area contributed by atoms with Gasteiger partial charge in [0, 0.05) is 6.42 Å². The molecule has 1 aliphatic rings. The van der Waals surface area contributed by atoms with E-state index in [4.69, 9.17) is 14.2 Å². The summed E-state index contributed by atoms with van der Waals surface area (Å²) in [6, 6.07) is -1.03. The maximum Gasteiger partial charge on any atom is 0.306 e. The van der Waals surface area contributed by atoms with Crippen LogP contribution >= 0.6 is 0 Å². The second-order valence-corrected chi connectivity index (χ2v) is 26.4. The lowest BCUT2D eigenvalue weighted by Crippen LogP contribution is -2.61. The van der Waals surface area contributed by atoms with Gasteiger partial charge in [-0.15, -0.1) is 0 Å². The van der Waals surface area contributed by atoms with Gasteiger partial charge in [0.05, 0.1) is 25.4 Å². The number of rotatable bonds is 66. The number of unbranched alkanes of at least 4 members (excludes halogenated alkanes) is 42. The smallest absolute Gasteiger partial charge is 0.306 e. The molecular weight excluding hydrogens is 1120 g/mol. The van der Waals surface area contributed by atoms with Gasteiger partial charge in [0.25, 0.3) is 0 Å². The summed E-state index contributed by atoms with van der Waals surface area (Å²) in [7, 11) is 0. The summed E-state index contributed by atoms with van der Waals surface area (Å²) in [6.45, 7) is 5.80. The summed E-state index contributed by atoms with van der Waals surface area (Å²) in [5.41, 5.74) is 0. The Morgan fingerprint density at radius 3 is 1.18 bits per heavy atom. The van der Waals surface area contributed by atoms with Crippen molar-refractivity contribution in [1.29, 1.82) is 0 Å². The van der Waals surface area contributed by atoms with Crippen molar-refractivity contribution in [3.63, 3.8) is 0 Å². The molecule has 1 saturated heterocycles.